The molecule has 0 aliphatic rings. The number of pyridine rings is 1. The number of aromatic nitrogens is 1. The molecule has 82 valence electrons. The van der Waals surface area contributed by atoms with Crippen LogP contribution in [0.25, 0.3) is 0 Å². The van der Waals surface area contributed by atoms with Crippen molar-refractivity contribution in [2.45, 2.75) is 0 Å². The molecule has 0 aliphatic carbocycles. The lowest BCUT2D eigenvalue weighted by molar-refractivity contribution is -0.0757. The Morgan fingerprint density at radius 3 is 2.67 bits per heavy atom. The van der Waals surface area contributed by atoms with Gasteiger partial charge in [0, 0.05) is 7.05 Å². The summed E-state index contributed by atoms with van der Waals surface area (Å²) < 4.78 is 13.0. The first-order chi connectivity index (χ1) is 6.97. The molecule has 15 heavy (non-hydrogen) atoms. The molecule has 0 aliphatic heterocycles. The summed E-state index contributed by atoms with van der Waals surface area (Å²) in [7, 11) is 2.66. The van der Waals surface area contributed by atoms with E-state index in [0.29, 0.717) is 0 Å². The predicted molar refractivity (Wildman–Crippen MR) is 53.3 cm³/mol. The predicted octanol–water partition coefficient (Wildman–Crippen LogP) is 2.16. The average molecular weight is 253 g/mol. The summed E-state index contributed by atoms with van der Waals surface area (Å²) in [5.41, 5.74) is -0.108. The number of rotatable bonds is 2. The summed E-state index contributed by atoms with van der Waals surface area (Å²) >= 11 is 11.0. The number of hydroxylamine groups is 2. The van der Waals surface area contributed by atoms with Crippen LogP contribution in [0.1, 0.15) is 10.4 Å². The molecule has 0 bridgehead atoms. The molecule has 0 saturated heterocycles. The lowest BCUT2D eigenvalue weighted by Gasteiger charge is -2.14. The van der Waals surface area contributed by atoms with Crippen molar-refractivity contribution < 1.29 is 14.0 Å². The third-order valence-electron chi connectivity index (χ3n) is 1.68. The van der Waals surface area contributed by atoms with Gasteiger partial charge in [-0.3, -0.25) is 9.63 Å². The second-order valence-electron chi connectivity index (χ2n) is 2.58. The number of nitrogens with zero attached hydrogens (tertiary/aromatic N) is 2. The van der Waals surface area contributed by atoms with Crippen molar-refractivity contribution in [1.82, 2.24) is 10.0 Å². The largest absolute Gasteiger partial charge is 0.280 e. The highest BCUT2D eigenvalue weighted by Gasteiger charge is 2.18. The van der Waals surface area contributed by atoms with Gasteiger partial charge in [-0.05, 0) is 6.07 Å². The number of amides is 1. The van der Waals surface area contributed by atoms with E-state index in [9.17, 15) is 9.18 Å². The van der Waals surface area contributed by atoms with Gasteiger partial charge in [0.2, 0.25) is 0 Å². The van der Waals surface area contributed by atoms with E-state index in [1.807, 2.05) is 0 Å². The molecule has 0 aromatic carbocycles. The van der Waals surface area contributed by atoms with Gasteiger partial charge in [0.1, 0.15) is 5.15 Å². The Morgan fingerprint density at radius 1 is 1.53 bits per heavy atom. The Kier molecular flexibility index (Phi) is 3.84. The smallest absolute Gasteiger partial charge is 0.274 e. The fourth-order valence-electron chi connectivity index (χ4n) is 0.848. The highest BCUT2D eigenvalue weighted by Crippen LogP contribution is 2.21. The minimum atomic E-state index is -0.811. The molecule has 0 unspecified atom stereocenters. The van der Waals surface area contributed by atoms with E-state index in [-0.39, 0.29) is 15.9 Å². The zero-order chi connectivity index (χ0) is 11.6. The number of carbonyl (C=O) groups is 1. The first kappa shape index (κ1) is 12.2. The molecule has 4 nitrogen and oxygen atoms in total. The molecule has 0 N–H and O–H groups in total. The Balaban J connectivity index is 3.15. The maximum atomic E-state index is 13.0. The topological polar surface area (TPSA) is 42.4 Å². The molecule has 1 rings (SSSR count). The summed E-state index contributed by atoms with van der Waals surface area (Å²) in [5.74, 6) is -1.42. The van der Waals surface area contributed by atoms with Gasteiger partial charge in [-0.25, -0.2) is 14.4 Å². The van der Waals surface area contributed by atoms with E-state index in [2.05, 4.69) is 9.82 Å². The summed E-state index contributed by atoms with van der Waals surface area (Å²) in [6.07, 6.45) is 0. The SMILES string of the molecule is CON(C)C(=O)c1cc(F)c(Cl)nc1Cl. The van der Waals surface area contributed by atoms with Crippen LogP contribution in [0.2, 0.25) is 10.3 Å². The zero-order valence-corrected chi connectivity index (χ0v) is 9.43. The van der Waals surface area contributed by atoms with Crippen LogP contribution in [0.3, 0.4) is 0 Å². The summed E-state index contributed by atoms with van der Waals surface area (Å²) in [5, 5.41) is 0.350. The summed E-state index contributed by atoms with van der Waals surface area (Å²) in [4.78, 5) is 19.6. The fourth-order valence-corrected chi connectivity index (χ4v) is 1.25. The Hall–Kier alpha value is -0.910. The third-order valence-corrected chi connectivity index (χ3v) is 2.23. The number of halogens is 3. The Morgan fingerprint density at radius 2 is 2.13 bits per heavy atom. The van der Waals surface area contributed by atoms with Crippen LogP contribution in [0.5, 0.6) is 0 Å². The van der Waals surface area contributed by atoms with Crippen LogP contribution in [0, 0.1) is 5.82 Å². The van der Waals surface area contributed by atoms with E-state index in [1.54, 1.807) is 0 Å². The van der Waals surface area contributed by atoms with E-state index < -0.39 is 11.7 Å². The van der Waals surface area contributed by atoms with Crippen molar-refractivity contribution in [3.05, 3.63) is 27.8 Å². The molecule has 0 spiro atoms. The quantitative estimate of drug-likeness (QED) is 0.599. The van der Waals surface area contributed by atoms with Crippen molar-refractivity contribution in [1.29, 1.82) is 0 Å². The molecule has 1 aromatic heterocycles. The molecule has 1 aromatic rings. The van der Waals surface area contributed by atoms with Crippen LogP contribution in [-0.4, -0.2) is 30.1 Å². The highest BCUT2D eigenvalue weighted by atomic mass is 35.5. The van der Waals surface area contributed by atoms with Gasteiger partial charge in [0.15, 0.2) is 11.0 Å². The number of hydrogen-bond donors (Lipinski definition) is 0. The van der Waals surface area contributed by atoms with Gasteiger partial charge < -0.3 is 0 Å². The maximum absolute atomic E-state index is 13.0. The van der Waals surface area contributed by atoms with Crippen LogP contribution in [0.4, 0.5) is 4.39 Å². The Labute approximate surface area is 95.5 Å². The van der Waals surface area contributed by atoms with Crippen molar-refractivity contribution in [2.24, 2.45) is 0 Å². The van der Waals surface area contributed by atoms with Crippen LogP contribution >= 0.6 is 23.2 Å². The first-order valence-electron chi connectivity index (χ1n) is 3.81. The highest BCUT2D eigenvalue weighted by molar-refractivity contribution is 6.34. The molecular formula is C8H7Cl2FN2O2. The average Bonchev–Trinajstić information content (AvgIpc) is 2.21. The van der Waals surface area contributed by atoms with E-state index >= 15 is 0 Å². The maximum Gasteiger partial charge on any atom is 0.280 e. The van der Waals surface area contributed by atoms with E-state index in [4.69, 9.17) is 23.2 Å². The zero-order valence-electron chi connectivity index (χ0n) is 7.92. The molecule has 1 amide bonds. The van der Waals surface area contributed by atoms with Gasteiger partial charge in [0.05, 0.1) is 12.7 Å². The molecule has 0 saturated carbocycles. The van der Waals surface area contributed by atoms with Crippen molar-refractivity contribution in [3.63, 3.8) is 0 Å². The monoisotopic (exact) mass is 252 g/mol. The van der Waals surface area contributed by atoms with Crippen molar-refractivity contribution >= 4 is 29.1 Å². The lowest BCUT2D eigenvalue weighted by Crippen LogP contribution is -2.26. The van der Waals surface area contributed by atoms with Gasteiger partial charge in [-0.15, -0.1) is 0 Å². The third kappa shape index (κ3) is 2.56. The number of hydrogen-bond acceptors (Lipinski definition) is 3. The van der Waals surface area contributed by atoms with Gasteiger partial charge in [-0.2, -0.15) is 0 Å². The minimum Gasteiger partial charge on any atom is -0.274 e. The fraction of sp³-hybridized carbons (Fsp3) is 0.250. The molecular weight excluding hydrogens is 246 g/mol. The number of carbonyl (C=O) groups excluding carboxylic acids is 1. The van der Waals surface area contributed by atoms with Crippen LogP contribution in [-0.2, 0) is 4.84 Å². The Bertz CT molecular complexity index is 400. The summed E-state index contributed by atoms with van der Waals surface area (Å²) in [6, 6.07) is 0.912. The first-order valence-corrected chi connectivity index (χ1v) is 4.56. The molecule has 7 heteroatoms. The normalized spacial score (nSPS) is 10.2. The standard InChI is InChI=1S/C8H7Cl2FN2O2/c1-13(15-2)8(14)4-3-5(11)7(10)12-6(4)9/h3H,1-2H3. The van der Waals surface area contributed by atoms with Crippen LogP contribution < -0.4 is 0 Å². The van der Waals surface area contributed by atoms with Gasteiger partial charge >= 0.3 is 0 Å². The second kappa shape index (κ2) is 4.74. The van der Waals surface area contributed by atoms with E-state index in [0.717, 1.165) is 11.1 Å². The molecule has 0 atom stereocenters. The van der Waals surface area contributed by atoms with Crippen molar-refractivity contribution in [3.8, 4) is 0 Å². The van der Waals surface area contributed by atoms with Gasteiger partial charge in [0.25, 0.3) is 5.91 Å². The summed E-state index contributed by atoms with van der Waals surface area (Å²) in [6.45, 7) is 0. The van der Waals surface area contributed by atoms with Crippen molar-refractivity contribution in [2.75, 3.05) is 14.2 Å². The minimum absolute atomic E-state index is 0.108. The molecule has 0 radical (unpaired) electrons. The van der Waals surface area contributed by atoms with Gasteiger partial charge in [-0.1, -0.05) is 23.2 Å². The molecule has 0 fully saturated rings. The lowest BCUT2D eigenvalue weighted by atomic mass is 10.2. The van der Waals surface area contributed by atoms with E-state index in [1.165, 1.54) is 14.2 Å². The molecule has 1 heterocycles. The second-order valence-corrected chi connectivity index (χ2v) is 3.30. The van der Waals surface area contributed by atoms with Crippen LogP contribution in [0.15, 0.2) is 6.07 Å².